The van der Waals surface area contributed by atoms with Crippen LogP contribution >= 0.6 is 31.9 Å². The summed E-state index contributed by atoms with van der Waals surface area (Å²) < 4.78 is -0.476. The summed E-state index contributed by atoms with van der Waals surface area (Å²) in [6, 6.07) is 0. The number of rotatable bonds is 3. The van der Waals surface area contributed by atoms with Gasteiger partial charge in [-0.1, -0.05) is 31.9 Å². The maximum absolute atomic E-state index is 12.4. The Labute approximate surface area is 126 Å². The monoisotopic (exact) mass is 377 g/mol. The third-order valence-electron chi connectivity index (χ3n) is 5.14. The van der Waals surface area contributed by atoms with Crippen molar-refractivity contribution in [3.63, 3.8) is 0 Å². The van der Waals surface area contributed by atoms with Gasteiger partial charge in [0.15, 0.2) is 0 Å². The van der Waals surface area contributed by atoms with Crippen LogP contribution in [0.15, 0.2) is 0 Å². The number of carbonyl (C=O) groups is 1. The first-order chi connectivity index (χ1) is 8.42. The van der Waals surface area contributed by atoms with Crippen LogP contribution in [-0.4, -0.2) is 21.1 Å². The van der Waals surface area contributed by atoms with Crippen LogP contribution in [0.4, 0.5) is 0 Å². The molecule has 0 heterocycles. The molecular weight excluding hydrogens is 358 g/mol. The highest BCUT2D eigenvalue weighted by atomic mass is 79.9. The van der Waals surface area contributed by atoms with Gasteiger partial charge in [0.05, 0.1) is 0 Å². The Morgan fingerprint density at radius 2 is 1.67 bits per heavy atom. The zero-order valence-corrected chi connectivity index (χ0v) is 14.0. The van der Waals surface area contributed by atoms with E-state index in [4.69, 9.17) is 0 Å². The van der Waals surface area contributed by atoms with Crippen LogP contribution < -0.4 is 5.32 Å². The van der Waals surface area contributed by atoms with Crippen molar-refractivity contribution in [3.8, 4) is 0 Å². The maximum atomic E-state index is 12.4. The summed E-state index contributed by atoms with van der Waals surface area (Å²) >= 11 is 6.94. The second kappa shape index (κ2) is 4.47. The maximum Gasteiger partial charge on any atom is 0.237 e. The highest BCUT2D eigenvalue weighted by molar-refractivity contribution is 9.12. The van der Waals surface area contributed by atoms with E-state index in [0.29, 0.717) is 5.33 Å². The molecule has 0 aromatic carbocycles. The number of alkyl halides is 2. The zero-order valence-electron chi connectivity index (χ0n) is 10.8. The van der Waals surface area contributed by atoms with Crippen molar-refractivity contribution in [3.05, 3.63) is 0 Å². The first-order valence-electron chi connectivity index (χ1n) is 7.00. The largest absolute Gasteiger partial charge is 0.349 e. The van der Waals surface area contributed by atoms with Crippen LogP contribution in [0.2, 0.25) is 0 Å². The summed E-state index contributed by atoms with van der Waals surface area (Å²) in [5, 5.41) is 4.05. The zero-order chi connectivity index (χ0) is 13.0. The summed E-state index contributed by atoms with van der Waals surface area (Å²) in [6.45, 7) is 1.94. The topological polar surface area (TPSA) is 29.1 Å². The van der Waals surface area contributed by atoms with Gasteiger partial charge in [0.25, 0.3) is 0 Å². The smallest absolute Gasteiger partial charge is 0.237 e. The third kappa shape index (κ3) is 2.28. The lowest BCUT2D eigenvalue weighted by molar-refractivity contribution is -0.128. The summed E-state index contributed by atoms with van der Waals surface area (Å²) in [4.78, 5) is 12.4. The number of halogens is 2. The van der Waals surface area contributed by atoms with Crippen molar-refractivity contribution in [1.29, 1.82) is 0 Å². The highest BCUT2D eigenvalue weighted by Gasteiger charge is 2.52. The van der Waals surface area contributed by atoms with Crippen molar-refractivity contribution < 1.29 is 4.79 Å². The minimum Gasteiger partial charge on any atom is -0.349 e. The molecule has 102 valence electrons. The lowest BCUT2D eigenvalue weighted by atomic mass is 9.53. The predicted octanol–water partition coefficient (Wildman–Crippen LogP) is 3.62. The molecule has 4 bridgehead atoms. The van der Waals surface area contributed by atoms with E-state index in [0.717, 1.165) is 17.8 Å². The first kappa shape index (κ1) is 13.4. The molecule has 2 nitrogen and oxygen atoms in total. The Kier molecular flexibility index (Phi) is 3.33. The van der Waals surface area contributed by atoms with Gasteiger partial charge < -0.3 is 5.32 Å². The van der Waals surface area contributed by atoms with Gasteiger partial charge in [-0.2, -0.15) is 0 Å². The Morgan fingerprint density at radius 3 is 2.06 bits per heavy atom. The molecule has 1 unspecified atom stereocenters. The molecule has 18 heavy (non-hydrogen) atoms. The molecule has 4 aliphatic carbocycles. The fraction of sp³-hybridized carbons (Fsp3) is 0.929. The number of nitrogens with one attached hydrogen (secondary N) is 1. The Balaban J connectivity index is 1.74. The van der Waals surface area contributed by atoms with Gasteiger partial charge in [0.1, 0.15) is 4.32 Å². The molecule has 0 radical (unpaired) electrons. The molecule has 0 aromatic rings. The molecule has 4 saturated carbocycles. The number of amides is 1. The quantitative estimate of drug-likeness (QED) is 0.746. The van der Waals surface area contributed by atoms with E-state index >= 15 is 0 Å². The molecule has 0 aromatic heterocycles. The van der Waals surface area contributed by atoms with Crippen LogP contribution in [0.25, 0.3) is 0 Å². The van der Waals surface area contributed by atoms with Gasteiger partial charge in [0.2, 0.25) is 5.91 Å². The van der Waals surface area contributed by atoms with E-state index in [2.05, 4.69) is 37.2 Å². The van der Waals surface area contributed by atoms with Gasteiger partial charge in [-0.15, -0.1) is 0 Å². The molecule has 4 heteroatoms. The van der Waals surface area contributed by atoms with E-state index in [9.17, 15) is 4.79 Å². The summed E-state index contributed by atoms with van der Waals surface area (Å²) in [5.74, 6) is 2.78. The molecule has 4 fully saturated rings. The minimum atomic E-state index is -0.476. The van der Waals surface area contributed by atoms with Gasteiger partial charge in [-0.3, -0.25) is 4.79 Å². The molecule has 0 saturated heterocycles. The Hall–Kier alpha value is 0.430. The fourth-order valence-corrected chi connectivity index (χ4v) is 5.05. The van der Waals surface area contributed by atoms with Crippen molar-refractivity contribution in [2.75, 3.05) is 5.33 Å². The SMILES string of the molecule is CC(Br)(CBr)C(=O)NC12CC3CC(CC(C3)C1)C2. The summed E-state index contributed by atoms with van der Waals surface area (Å²) in [5.41, 5.74) is 0.128. The van der Waals surface area contributed by atoms with Crippen molar-refractivity contribution in [1.82, 2.24) is 5.32 Å². The van der Waals surface area contributed by atoms with E-state index in [1.165, 1.54) is 38.5 Å². The van der Waals surface area contributed by atoms with Crippen LogP contribution in [0.3, 0.4) is 0 Å². The second-order valence-corrected chi connectivity index (χ2v) is 9.29. The van der Waals surface area contributed by atoms with Gasteiger partial charge in [0, 0.05) is 10.9 Å². The second-order valence-electron chi connectivity index (χ2n) is 6.98. The minimum absolute atomic E-state index is 0.128. The molecule has 4 rings (SSSR count). The average Bonchev–Trinajstić information content (AvgIpc) is 2.26. The van der Waals surface area contributed by atoms with Crippen LogP contribution in [-0.2, 0) is 4.79 Å². The first-order valence-corrected chi connectivity index (χ1v) is 8.91. The lowest BCUT2D eigenvalue weighted by Gasteiger charge is -2.57. The van der Waals surface area contributed by atoms with Gasteiger partial charge in [-0.05, 0) is 63.2 Å². The predicted molar refractivity (Wildman–Crippen MR) is 80.2 cm³/mol. The van der Waals surface area contributed by atoms with Crippen LogP contribution in [0.5, 0.6) is 0 Å². The number of hydrogen-bond donors (Lipinski definition) is 1. The Morgan fingerprint density at radius 1 is 1.22 bits per heavy atom. The molecule has 4 aliphatic rings. The average molecular weight is 379 g/mol. The van der Waals surface area contributed by atoms with Gasteiger partial charge >= 0.3 is 0 Å². The van der Waals surface area contributed by atoms with E-state index in [-0.39, 0.29) is 11.4 Å². The molecule has 0 aliphatic heterocycles. The number of carbonyl (C=O) groups excluding carboxylic acids is 1. The summed E-state index contributed by atoms with van der Waals surface area (Å²) in [7, 11) is 0. The third-order valence-corrected chi connectivity index (χ3v) is 7.66. The summed E-state index contributed by atoms with van der Waals surface area (Å²) in [6.07, 6.45) is 7.90. The van der Waals surface area contributed by atoms with E-state index in [1.54, 1.807) is 0 Å². The lowest BCUT2D eigenvalue weighted by Crippen LogP contribution is -2.62. The number of hydrogen-bond acceptors (Lipinski definition) is 1. The molecule has 1 amide bonds. The van der Waals surface area contributed by atoms with Crippen molar-refractivity contribution in [2.24, 2.45) is 17.8 Å². The van der Waals surface area contributed by atoms with E-state index in [1.807, 2.05) is 6.92 Å². The van der Waals surface area contributed by atoms with E-state index < -0.39 is 4.32 Å². The van der Waals surface area contributed by atoms with Gasteiger partial charge in [-0.25, -0.2) is 0 Å². The molecule has 1 atom stereocenters. The van der Waals surface area contributed by atoms with Crippen LogP contribution in [0.1, 0.15) is 45.4 Å². The standard InChI is InChI=1S/C14H21Br2NO/c1-13(16,8-15)12(18)17-14-5-9-2-10(6-14)4-11(3-9)7-14/h9-11H,2-8H2,1H3,(H,17,18). The normalized spacial score (nSPS) is 44.7. The van der Waals surface area contributed by atoms with Crippen LogP contribution in [0, 0.1) is 17.8 Å². The highest BCUT2D eigenvalue weighted by Crippen LogP contribution is 2.55. The molecular formula is C14H21Br2NO. The molecule has 0 spiro atoms. The Bertz CT molecular complexity index is 332. The fourth-order valence-electron chi connectivity index (χ4n) is 4.70. The van der Waals surface area contributed by atoms with Crippen molar-refractivity contribution in [2.45, 2.75) is 55.3 Å². The van der Waals surface area contributed by atoms with Crippen molar-refractivity contribution >= 4 is 37.8 Å². The molecule has 1 N–H and O–H groups in total.